The van der Waals surface area contributed by atoms with Crippen molar-refractivity contribution < 1.29 is 13.9 Å². The molecule has 3 rings (SSSR count). The number of nitrogens with zero attached hydrogens (tertiary/aromatic N) is 2. The van der Waals surface area contributed by atoms with Gasteiger partial charge in [-0.05, 0) is 32.0 Å². The first kappa shape index (κ1) is 14.6. The average Bonchev–Trinajstić information content (AvgIpc) is 2.88. The molecule has 1 fully saturated rings. The van der Waals surface area contributed by atoms with E-state index < -0.39 is 0 Å². The molecule has 0 spiro atoms. The molecule has 0 bridgehead atoms. The quantitative estimate of drug-likeness (QED) is 0.942. The van der Waals surface area contributed by atoms with Crippen LogP contribution in [0.25, 0.3) is 0 Å². The number of pyridine rings is 1. The second-order valence-corrected chi connectivity index (χ2v) is 5.28. The van der Waals surface area contributed by atoms with Crippen molar-refractivity contribution in [2.45, 2.75) is 13.8 Å². The maximum Gasteiger partial charge on any atom is 0.260 e. The Kier molecular flexibility index (Phi) is 4.11. The lowest BCUT2D eigenvalue weighted by atomic mass is 10.2. The lowest BCUT2D eigenvalue weighted by molar-refractivity contribution is 0.102. The first-order chi connectivity index (χ1) is 10.6. The molecule has 1 N–H and O–H groups in total. The molecule has 0 unspecified atom stereocenters. The van der Waals surface area contributed by atoms with E-state index in [2.05, 4.69) is 15.2 Å². The number of ether oxygens (including phenoxy) is 1. The molecule has 3 heterocycles. The molecule has 2 aromatic heterocycles. The van der Waals surface area contributed by atoms with Crippen LogP contribution in [0.2, 0.25) is 0 Å². The molecule has 2 aromatic rings. The fourth-order valence-corrected chi connectivity index (χ4v) is 2.51. The van der Waals surface area contributed by atoms with Crippen LogP contribution in [0.5, 0.6) is 0 Å². The van der Waals surface area contributed by atoms with E-state index in [4.69, 9.17) is 9.15 Å². The Morgan fingerprint density at radius 2 is 2.05 bits per heavy atom. The number of morpholine rings is 1. The zero-order chi connectivity index (χ0) is 15.5. The van der Waals surface area contributed by atoms with Gasteiger partial charge in [0.1, 0.15) is 17.3 Å². The van der Waals surface area contributed by atoms with Gasteiger partial charge < -0.3 is 19.4 Å². The van der Waals surface area contributed by atoms with E-state index in [-0.39, 0.29) is 5.91 Å². The Morgan fingerprint density at radius 1 is 1.27 bits per heavy atom. The van der Waals surface area contributed by atoms with E-state index >= 15 is 0 Å². The minimum Gasteiger partial charge on any atom is -0.466 e. The molecule has 1 amide bonds. The van der Waals surface area contributed by atoms with Crippen LogP contribution in [0, 0.1) is 13.8 Å². The Balaban J connectivity index is 1.68. The van der Waals surface area contributed by atoms with Gasteiger partial charge in [-0.15, -0.1) is 0 Å². The van der Waals surface area contributed by atoms with E-state index in [1.54, 1.807) is 19.2 Å². The number of anilines is 2. The van der Waals surface area contributed by atoms with Gasteiger partial charge in [-0.2, -0.15) is 0 Å². The molecule has 0 aliphatic carbocycles. The first-order valence-corrected chi connectivity index (χ1v) is 7.30. The number of aryl methyl sites for hydroxylation is 2. The molecule has 6 nitrogen and oxygen atoms in total. The molecule has 116 valence electrons. The van der Waals surface area contributed by atoms with Gasteiger partial charge in [0.2, 0.25) is 0 Å². The molecule has 0 saturated carbocycles. The molecule has 0 aromatic carbocycles. The highest BCUT2D eigenvalue weighted by molar-refractivity contribution is 6.04. The summed E-state index contributed by atoms with van der Waals surface area (Å²) >= 11 is 0. The standard InChI is InChI=1S/C16H19N3O3/c1-11-9-14(12(2)22-11)16(20)18-15-4-3-13(10-17-15)19-5-7-21-8-6-19/h3-4,9-10H,5-8H2,1-2H3,(H,17,18,20). The van der Waals surface area contributed by atoms with E-state index in [9.17, 15) is 4.79 Å². The summed E-state index contributed by atoms with van der Waals surface area (Å²) in [5.41, 5.74) is 1.58. The van der Waals surface area contributed by atoms with Gasteiger partial charge in [-0.1, -0.05) is 0 Å². The van der Waals surface area contributed by atoms with Gasteiger partial charge in [0, 0.05) is 13.1 Å². The van der Waals surface area contributed by atoms with E-state index in [0.717, 1.165) is 37.8 Å². The summed E-state index contributed by atoms with van der Waals surface area (Å²) in [5, 5.41) is 2.79. The van der Waals surface area contributed by atoms with Crippen LogP contribution in [0.1, 0.15) is 21.9 Å². The van der Waals surface area contributed by atoms with Crippen LogP contribution in [-0.2, 0) is 4.74 Å². The third kappa shape index (κ3) is 3.12. The summed E-state index contributed by atoms with van der Waals surface area (Å²) in [5.74, 6) is 1.65. The summed E-state index contributed by atoms with van der Waals surface area (Å²) in [6.07, 6.45) is 1.77. The van der Waals surface area contributed by atoms with Gasteiger partial charge in [-0.3, -0.25) is 4.79 Å². The summed E-state index contributed by atoms with van der Waals surface area (Å²) in [6, 6.07) is 5.50. The highest BCUT2D eigenvalue weighted by atomic mass is 16.5. The van der Waals surface area contributed by atoms with E-state index in [1.165, 1.54) is 0 Å². The van der Waals surface area contributed by atoms with Crippen LogP contribution in [0.4, 0.5) is 11.5 Å². The number of rotatable bonds is 3. The zero-order valence-corrected chi connectivity index (χ0v) is 12.8. The van der Waals surface area contributed by atoms with Crippen molar-refractivity contribution in [3.05, 3.63) is 41.5 Å². The molecule has 1 saturated heterocycles. The monoisotopic (exact) mass is 301 g/mol. The Bertz CT molecular complexity index is 658. The normalized spacial score (nSPS) is 14.9. The predicted molar refractivity (Wildman–Crippen MR) is 83.4 cm³/mol. The molecule has 6 heteroatoms. The number of carbonyl (C=O) groups excluding carboxylic acids is 1. The van der Waals surface area contributed by atoms with Gasteiger partial charge in [-0.25, -0.2) is 4.98 Å². The van der Waals surface area contributed by atoms with Crippen LogP contribution >= 0.6 is 0 Å². The number of carbonyl (C=O) groups is 1. The van der Waals surface area contributed by atoms with E-state index in [0.29, 0.717) is 17.1 Å². The predicted octanol–water partition coefficient (Wildman–Crippen LogP) is 2.38. The lowest BCUT2D eigenvalue weighted by Gasteiger charge is -2.28. The molecule has 0 atom stereocenters. The van der Waals surface area contributed by atoms with Crippen molar-refractivity contribution in [2.24, 2.45) is 0 Å². The molecule has 1 aliphatic rings. The number of amides is 1. The van der Waals surface area contributed by atoms with E-state index in [1.807, 2.05) is 19.1 Å². The Labute approximate surface area is 129 Å². The highest BCUT2D eigenvalue weighted by Crippen LogP contribution is 2.18. The Morgan fingerprint density at radius 3 is 2.64 bits per heavy atom. The number of furan rings is 1. The molecular formula is C16H19N3O3. The van der Waals surface area contributed by atoms with Crippen molar-refractivity contribution in [3.63, 3.8) is 0 Å². The first-order valence-electron chi connectivity index (χ1n) is 7.30. The van der Waals surface area contributed by atoms with Crippen molar-refractivity contribution >= 4 is 17.4 Å². The smallest absolute Gasteiger partial charge is 0.260 e. The minimum atomic E-state index is -0.207. The largest absolute Gasteiger partial charge is 0.466 e. The molecule has 22 heavy (non-hydrogen) atoms. The molecule has 1 aliphatic heterocycles. The van der Waals surface area contributed by atoms with Crippen LogP contribution in [-0.4, -0.2) is 37.2 Å². The van der Waals surface area contributed by atoms with Crippen molar-refractivity contribution in [3.8, 4) is 0 Å². The second-order valence-electron chi connectivity index (χ2n) is 5.28. The highest BCUT2D eigenvalue weighted by Gasteiger charge is 2.15. The average molecular weight is 301 g/mol. The van der Waals surface area contributed by atoms with Gasteiger partial charge in [0.15, 0.2) is 0 Å². The fraction of sp³-hybridized carbons (Fsp3) is 0.375. The number of nitrogens with one attached hydrogen (secondary N) is 1. The van der Waals surface area contributed by atoms with Crippen molar-refractivity contribution in [2.75, 3.05) is 36.5 Å². The fourth-order valence-electron chi connectivity index (χ4n) is 2.51. The summed E-state index contributed by atoms with van der Waals surface area (Å²) in [7, 11) is 0. The van der Waals surface area contributed by atoms with Crippen LogP contribution in [0.3, 0.4) is 0 Å². The van der Waals surface area contributed by atoms with Crippen LogP contribution in [0.15, 0.2) is 28.8 Å². The summed E-state index contributed by atoms with van der Waals surface area (Å²) in [4.78, 5) is 18.7. The third-order valence-corrected chi connectivity index (χ3v) is 3.65. The maximum atomic E-state index is 12.2. The summed E-state index contributed by atoms with van der Waals surface area (Å²) < 4.78 is 10.7. The SMILES string of the molecule is Cc1cc(C(=O)Nc2ccc(N3CCOCC3)cn2)c(C)o1. The number of hydrogen-bond acceptors (Lipinski definition) is 5. The van der Waals surface area contributed by atoms with Gasteiger partial charge >= 0.3 is 0 Å². The minimum absolute atomic E-state index is 0.207. The zero-order valence-electron chi connectivity index (χ0n) is 12.8. The molecular weight excluding hydrogens is 282 g/mol. The summed E-state index contributed by atoms with van der Waals surface area (Å²) in [6.45, 7) is 6.78. The second kappa shape index (κ2) is 6.19. The lowest BCUT2D eigenvalue weighted by Crippen LogP contribution is -2.36. The number of aromatic nitrogens is 1. The van der Waals surface area contributed by atoms with Crippen molar-refractivity contribution in [1.29, 1.82) is 0 Å². The van der Waals surface area contributed by atoms with Crippen molar-refractivity contribution in [1.82, 2.24) is 4.98 Å². The van der Waals surface area contributed by atoms with Gasteiger partial charge in [0.25, 0.3) is 5.91 Å². The van der Waals surface area contributed by atoms with Gasteiger partial charge in [0.05, 0.1) is 30.7 Å². The number of hydrogen-bond donors (Lipinski definition) is 1. The topological polar surface area (TPSA) is 67.6 Å². The third-order valence-electron chi connectivity index (χ3n) is 3.65. The molecule has 0 radical (unpaired) electrons. The maximum absolute atomic E-state index is 12.2. The van der Waals surface area contributed by atoms with Crippen LogP contribution < -0.4 is 10.2 Å². The Hall–Kier alpha value is -2.34.